The molecule has 2 unspecified atom stereocenters. The largest absolute Gasteiger partial charge is 0.444 e. The molecule has 1 fully saturated rings. The number of carbonyl (C=O) groups is 1. The van der Waals surface area contributed by atoms with Crippen molar-refractivity contribution in [1.29, 1.82) is 0 Å². The van der Waals surface area contributed by atoms with Crippen molar-refractivity contribution in [2.24, 2.45) is 0 Å². The van der Waals surface area contributed by atoms with Gasteiger partial charge in [-0.2, -0.15) is 0 Å². The summed E-state index contributed by atoms with van der Waals surface area (Å²) in [5.41, 5.74) is -0.435. The van der Waals surface area contributed by atoms with Crippen LogP contribution in [0.4, 0.5) is 4.79 Å². The van der Waals surface area contributed by atoms with Gasteiger partial charge in [-0.3, -0.25) is 0 Å². The van der Waals surface area contributed by atoms with E-state index in [0.717, 1.165) is 24.4 Å². The summed E-state index contributed by atoms with van der Waals surface area (Å²) >= 11 is 1.68. The number of carbonyl (C=O) groups excluding carboxylic acids is 1. The molecule has 1 aliphatic rings. The fourth-order valence-electron chi connectivity index (χ4n) is 2.44. The van der Waals surface area contributed by atoms with Gasteiger partial charge in [0.2, 0.25) is 0 Å². The molecule has 0 spiro atoms. The van der Waals surface area contributed by atoms with Crippen molar-refractivity contribution >= 4 is 17.4 Å². The second-order valence-corrected chi connectivity index (χ2v) is 7.34. The maximum Gasteiger partial charge on any atom is 0.410 e. The highest BCUT2D eigenvalue weighted by atomic mass is 32.1. The van der Waals surface area contributed by atoms with Gasteiger partial charge in [-0.25, -0.2) is 9.78 Å². The van der Waals surface area contributed by atoms with Crippen molar-refractivity contribution in [3.63, 3.8) is 0 Å². The van der Waals surface area contributed by atoms with E-state index in [9.17, 15) is 4.79 Å². The van der Waals surface area contributed by atoms with Crippen LogP contribution in [-0.4, -0.2) is 40.7 Å². The molecule has 0 aromatic carbocycles. The van der Waals surface area contributed by atoms with E-state index in [1.807, 2.05) is 32.3 Å². The summed E-state index contributed by atoms with van der Waals surface area (Å²) in [6.45, 7) is 9.29. The van der Waals surface area contributed by atoms with Gasteiger partial charge < -0.3 is 15.0 Å². The molecule has 118 valence electrons. The van der Waals surface area contributed by atoms with E-state index in [1.54, 1.807) is 16.2 Å². The molecule has 0 radical (unpaired) electrons. The zero-order valence-electron chi connectivity index (χ0n) is 13.3. The maximum atomic E-state index is 12.1. The zero-order chi connectivity index (χ0) is 15.5. The molecule has 0 saturated carbocycles. The summed E-state index contributed by atoms with van der Waals surface area (Å²) in [6, 6.07) is 0.583. The van der Waals surface area contributed by atoms with Crippen molar-refractivity contribution in [3.05, 3.63) is 16.6 Å². The normalized spacial score (nSPS) is 20.6. The molecule has 1 saturated heterocycles. The Bertz CT molecular complexity index is 456. The van der Waals surface area contributed by atoms with Crippen LogP contribution in [0.2, 0.25) is 0 Å². The van der Waals surface area contributed by atoms with E-state index < -0.39 is 5.60 Å². The number of hydrogen-bond donors (Lipinski definition) is 1. The molecule has 21 heavy (non-hydrogen) atoms. The van der Waals surface area contributed by atoms with Crippen LogP contribution >= 0.6 is 11.3 Å². The first-order chi connectivity index (χ1) is 9.89. The topological polar surface area (TPSA) is 54.5 Å². The lowest BCUT2D eigenvalue weighted by atomic mass is 10.2. The molecular formula is C15H25N3O2S. The van der Waals surface area contributed by atoms with Crippen molar-refractivity contribution in [1.82, 2.24) is 15.2 Å². The maximum absolute atomic E-state index is 12.1. The number of ether oxygens (including phenoxy) is 1. The van der Waals surface area contributed by atoms with E-state index in [1.165, 1.54) is 0 Å². The third kappa shape index (κ3) is 4.68. The molecule has 6 heteroatoms. The number of amides is 1. The van der Waals surface area contributed by atoms with Crippen LogP contribution in [0, 0.1) is 0 Å². The van der Waals surface area contributed by atoms with E-state index in [0.29, 0.717) is 12.6 Å². The fraction of sp³-hybridized carbons (Fsp3) is 0.733. The standard InChI is InChI=1S/C15H25N3O2S/c1-5-12(13-16-7-9-21-13)17-11-6-8-18(10-11)14(19)20-15(2,3)4/h7,9,11-12,17H,5-6,8,10H2,1-4H3. The smallest absolute Gasteiger partial charge is 0.410 e. The van der Waals surface area contributed by atoms with Crippen LogP contribution in [0.3, 0.4) is 0 Å². The Kier molecular flexibility index (Phi) is 5.22. The van der Waals surface area contributed by atoms with Crippen LogP contribution in [0.15, 0.2) is 11.6 Å². The highest BCUT2D eigenvalue weighted by Crippen LogP contribution is 2.22. The minimum Gasteiger partial charge on any atom is -0.444 e. The van der Waals surface area contributed by atoms with Crippen molar-refractivity contribution in [2.75, 3.05) is 13.1 Å². The van der Waals surface area contributed by atoms with Crippen LogP contribution in [0.25, 0.3) is 0 Å². The summed E-state index contributed by atoms with van der Waals surface area (Å²) in [5, 5.41) is 6.73. The number of nitrogens with zero attached hydrogens (tertiary/aromatic N) is 2. The van der Waals surface area contributed by atoms with Crippen molar-refractivity contribution in [3.8, 4) is 0 Å². The molecule has 0 aliphatic carbocycles. The van der Waals surface area contributed by atoms with E-state index in [4.69, 9.17) is 4.74 Å². The molecule has 1 N–H and O–H groups in total. The molecule has 1 aromatic rings. The molecule has 2 rings (SSSR count). The van der Waals surface area contributed by atoms with Gasteiger partial charge in [0, 0.05) is 30.7 Å². The first kappa shape index (κ1) is 16.2. The Balaban J connectivity index is 1.86. The Morgan fingerprint density at radius 1 is 1.62 bits per heavy atom. The third-order valence-corrected chi connectivity index (χ3v) is 4.32. The van der Waals surface area contributed by atoms with Gasteiger partial charge >= 0.3 is 6.09 Å². The minimum atomic E-state index is -0.435. The Morgan fingerprint density at radius 2 is 2.38 bits per heavy atom. The summed E-state index contributed by atoms with van der Waals surface area (Å²) < 4.78 is 5.42. The Hall–Kier alpha value is -1.14. The molecule has 1 amide bonds. The highest BCUT2D eigenvalue weighted by molar-refractivity contribution is 7.09. The lowest BCUT2D eigenvalue weighted by Gasteiger charge is -2.25. The molecule has 2 atom stereocenters. The number of rotatable bonds is 4. The number of aromatic nitrogens is 1. The van der Waals surface area contributed by atoms with E-state index in [-0.39, 0.29) is 12.1 Å². The van der Waals surface area contributed by atoms with E-state index >= 15 is 0 Å². The average molecular weight is 311 g/mol. The second kappa shape index (κ2) is 6.75. The lowest BCUT2D eigenvalue weighted by Crippen LogP contribution is -2.39. The van der Waals surface area contributed by atoms with Crippen molar-refractivity contribution in [2.45, 2.75) is 58.2 Å². The number of likely N-dealkylation sites (tertiary alicyclic amines) is 1. The monoisotopic (exact) mass is 311 g/mol. The molecule has 1 aromatic heterocycles. The first-order valence-corrected chi connectivity index (χ1v) is 8.40. The van der Waals surface area contributed by atoms with Crippen molar-refractivity contribution < 1.29 is 9.53 Å². The zero-order valence-corrected chi connectivity index (χ0v) is 14.1. The number of hydrogen-bond acceptors (Lipinski definition) is 5. The summed E-state index contributed by atoms with van der Waals surface area (Å²) in [7, 11) is 0. The number of nitrogens with one attached hydrogen (secondary N) is 1. The predicted octanol–water partition coefficient (Wildman–Crippen LogP) is 3.19. The summed E-state index contributed by atoms with van der Waals surface area (Å²) in [6.07, 6.45) is 3.58. The second-order valence-electron chi connectivity index (χ2n) is 6.41. The van der Waals surface area contributed by atoms with Gasteiger partial charge in [-0.15, -0.1) is 11.3 Å². The lowest BCUT2D eigenvalue weighted by molar-refractivity contribution is 0.0290. The van der Waals surface area contributed by atoms with Gasteiger partial charge in [0.1, 0.15) is 10.6 Å². The minimum absolute atomic E-state index is 0.214. The Morgan fingerprint density at radius 3 is 2.95 bits per heavy atom. The molecule has 2 heterocycles. The summed E-state index contributed by atoms with van der Waals surface area (Å²) in [4.78, 5) is 18.2. The van der Waals surface area contributed by atoms with Gasteiger partial charge in [0.15, 0.2) is 0 Å². The quantitative estimate of drug-likeness (QED) is 0.928. The molecule has 5 nitrogen and oxygen atoms in total. The van der Waals surface area contributed by atoms with Gasteiger partial charge in [0.05, 0.1) is 6.04 Å². The van der Waals surface area contributed by atoms with E-state index in [2.05, 4.69) is 17.2 Å². The first-order valence-electron chi connectivity index (χ1n) is 7.52. The molecule has 0 bridgehead atoms. The highest BCUT2D eigenvalue weighted by Gasteiger charge is 2.31. The average Bonchev–Trinajstić information content (AvgIpc) is 3.05. The van der Waals surface area contributed by atoms with Gasteiger partial charge in [0.25, 0.3) is 0 Å². The molecular weight excluding hydrogens is 286 g/mol. The van der Waals surface area contributed by atoms with Gasteiger partial charge in [-0.1, -0.05) is 6.92 Å². The van der Waals surface area contributed by atoms with Gasteiger partial charge in [-0.05, 0) is 33.6 Å². The van der Waals surface area contributed by atoms with Crippen LogP contribution in [-0.2, 0) is 4.74 Å². The SMILES string of the molecule is CCC(NC1CCN(C(=O)OC(C)(C)C)C1)c1nccs1. The number of thiazole rings is 1. The van der Waals surface area contributed by atoms with Crippen LogP contribution in [0.1, 0.15) is 51.6 Å². The third-order valence-electron chi connectivity index (χ3n) is 3.43. The van der Waals surface area contributed by atoms with Crippen LogP contribution in [0.5, 0.6) is 0 Å². The van der Waals surface area contributed by atoms with Crippen LogP contribution < -0.4 is 5.32 Å². The fourth-order valence-corrected chi connectivity index (χ4v) is 3.23. The predicted molar refractivity (Wildman–Crippen MR) is 84.5 cm³/mol. The Labute approximate surface area is 130 Å². The summed E-state index contributed by atoms with van der Waals surface area (Å²) in [5.74, 6) is 0. The molecule has 1 aliphatic heterocycles.